The van der Waals surface area contributed by atoms with Crippen LogP contribution >= 0.6 is 0 Å². The van der Waals surface area contributed by atoms with Crippen LogP contribution in [0.2, 0.25) is 0 Å². The normalized spacial score (nSPS) is 18.1. The number of methoxy groups -OCH3 is 1. The van der Waals surface area contributed by atoms with E-state index in [-0.39, 0.29) is 11.9 Å². The van der Waals surface area contributed by atoms with Crippen LogP contribution in [0.1, 0.15) is 43.9 Å². The van der Waals surface area contributed by atoms with Gasteiger partial charge in [-0.3, -0.25) is 4.79 Å². The Labute approximate surface area is 168 Å². The zero-order chi connectivity index (χ0) is 19.9. The molecule has 28 heavy (non-hydrogen) atoms. The molecule has 4 heteroatoms. The van der Waals surface area contributed by atoms with Crippen LogP contribution in [0.15, 0.2) is 54.6 Å². The smallest absolute Gasteiger partial charge is 0.244 e. The van der Waals surface area contributed by atoms with E-state index in [0.29, 0.717) is 0 Å². The number of benzene rings is 2. The van der Waals surface area contributed by atoms with Gasteiger partial charge in [-0.05, 0) is 67.2 Å². The summed E-state index contributed by atoms with van der Waals surface area (Å²) in [4.78, 5) is 14.7. The van der Waals surface area contributed by atoms with E-state index in [9.17, 15) is 4.79 Å². The number of anilines is 1. The molecule has 3 rings (SSSR count). The number of hydrogen-bond donors (Lipinski definition) is 1. The maximum Gasteiger partial charge on any atom is 0.244 e. The Morgan fingerprint density at radius 1 is 1.18 bits per heavy atom. The highest BCUT2D eigenvalue weighted by Gasteiger charge is 2.17. The van der Waals surface area contributed by atoms with Crippen molar-refractivity contribution in [1.29, 1.82) is 0 Å². The van der Waals surface area contributed by atoms with Gasteiger partial charge in [-0.1, -0.05) is 31.2 Å². The van der Waals surface area contributed by atoms with Gasteiger partial charge < -0.3 is 15.0 Å². The number of piperidine rings is 1. The second-order valence-electron chi connectivity index (χ2n) is 7.62. The lowest BCUT2D eigenvalue weighted by atomic mass is 9.99. The molecule has 0 aliphatic carbocycles. The highest BCUT2D eigenvalue weighted by Crippen LogP contribution is 2.24. The molecule has 0 saturated carbocycles. The van der Waals surface area contributed by atoms with Crippen molar-refractivity contribution in [2.24, 2.45) is 5.92 Å². The topological polar surface area (TPSA) is 41.6 Å². The lowest BCUT2D eigenvalue weighted by Gasteiger charge is -2.33. The predicted molar refractivity (Wildman–Crippen MR) is 116 cm³/mol. The molecule has 0 spiro atoms. The first-order valence-electron chi connectivity index (χ1n) is 10.0. The van der Waals surface area contributed by atoms with Gasteiger partial charge in [0.25, 0.3) is 0 Å². The van der Waals surface area contributed by atoms with Crippen LogP contribution in [0.5, 0.6) is 5.75 Å². The molecule has 4 nitrogen and oxygen atoms in total. The summed E-state index contributed by atoms with van der Waals surface area (Å²) >= 11 is 0. The van der Waals surface area contributed by atoms with Crippen LogP contribution in [0, 0.1) is 5.92 Å². The van der Waals surface area contributed by atoms with Crippen LogP contribution < -0.4 is 15.0 Å². The average molecular weight is 379 g/mol. The SMILES string of the molecule is COc1ccc(/C=C/C(=O)N[C@H](C)c2ccc(N3CCC[C@H](C)C3)cc2)cc1. The van der Waals surface area contributed by atoms with Crippen LogP contribution in [0.4, 0.5) is 5.69 Å². The highest BCUT2D eigenvalue weighted by molar-refractivity contribution is 5.92. The Morgan fingerprint density at radius 3 is 2.54 bits per heavy atom. The fourth-order valence-corrected chi connectivity index (χ4v) is 3.63. The van der Waals surface area contributed by atoms with Gasteiger partial charge in [-0.25, -0.2) is 0 Å². The van der Waals surface area contributed by atoms with Gasteiger partial charge in [0.1, 0.15) is 5.75 Å². The molecule has 1 aliphatic heterocycles. The van der Waals surface area contributed by atoms with E-state index in [1.165, 1.54) is 18.5 Å². The Bertz CT molecular complexity index is 796. The number of carbonyl (C=O) groups excluding carboxylic acids is 1. The molecule has 1 N–H and O–H groups in total. The molecule has 1 fully saturated rings. The first kappa shape index (κ1) is 20.0. The van der Waals surface area contributed by atoms with Gasteiger partial charge in [-0.2, -0.15) is 0 Å². The van der Waals surface area contributed by atoms with Crippen molar-refractivity contribution in [2.45, 2.75) is 32.7 Å². The monoisotopic (exact) mass is 378 g/mol. The minimum Gasteiger partial charge on any atom is -0.497 e. The van der Waals surface area contributed by atoms with Gasteiger partial charge in [0.2, 0.25) is 5.91 Å². The van der Waals surface area contributed by atoms with Gasteiger partial charge >= 0.3 is 0 Å². The summed E-state index contributed by atoms with van der Waals surface area (Å²) < 4.78 is 5.14. The van der Waals surface area contributed by atoms with Crippen LogP contribution in [0.3, 0.4) is 0 Å². The van der Waals surface area contributed by atoms with Crippen LogP contribution in [0.25, 0.3) is 6.08 Å². The zero-order valence-electron chi connectivity index (χ0n) is 17.0. The molecular weight excluding hydrogens is 348 g/mol. The molecule has 2 aromatic rings. The fraction of sp³-hybridized carbons (Fsp3) is 0.375. The predicted octanol–water partition coefficient (Wildman–Crippen LogP) is 4.82. The summed E-state index contributed by atoms with van der Waals surface area (Å²) in [6.07, 6.45) is 5.96. The van der Waals surface area contributed by atoms with Crippen LogP contribution in [-0.2, 0) is 4.79 Å². The molecule has 0 radical (unpaired) electrons. The van der Waals surface area contributed by atoms with Crippen molar-refractivity contribution in [1.82, 2.24) is 5.32 Å². The largest absolute Gasteiger partial charge is 0.497 e. The lowest BCUT2D eigenvalue weighted by Crippen LogP contribution is -2.34. The van der Waals surface area contributed by atoms with E-state index in [2.05, 4.69) is 41.4 Å². The zero-order valence-corrected chi connectivity index (χ0v) is 17.0. The van der Waals surface area contributed by atoms with Crippen LogP contribution in [-0.4, -0.2) is 26.1 Å². The lowest BCUT2D eigenvalue weighted by molar-refractivity contribution is -0.117. The molecule has 0 bridgehead atoms. The molecule has 148 valence electrons. The number of ether oxygens (including phenoxy) is 1. The van der Waals surface area contributed by atoms with E-state index < -0.39 is 0 Å². The molecule has 1 saturated heterocycles. The maximum atomic E-state index is 12.2. The summed E-state index contributed by atoms with van der Waals surface area (Å²) in [6.45, 7) is 6.59. The van der Waals surface area contributed by atoms with Gasteiger partial charge in [0.05, 0.1) is 13.2 Å². The fourth-order valence-electron chi connectivity index (χ4n) is 3.63. The quantitative estimate of drug-likeness (QED) is 0.733. The molecule has 2 aromatic carbocycles. The van der Waals surface area contributed by atoms with Crippen molar-refractivity contribution in [2.75, 3.05) is 25.1 Å². The minimum absolute atomic E-state index is 0.0395. The van der Waals surface area contributed by atoms with Crippen molar-refractivity contribution in [3.63, 3.8) is 0 Å². The van der Waals surface area contributed by atoms with E-state index in [1.807, 2.05) is 37.3 Å². The van der Waals surface area contributed by atoms with E-state index in [0.717, 1.165) is 35.9 Å². The second-order valence-corrected chi connectivity index (χ2v) is 7.62. The first-order chi connectivity index (χ1) is 13.5. The second kappa shape index (κ2) is 9.45. The van der Waals surface area contributed by atoms with Crippen molar-refractivity contribution < 1.29 is 9.53 Å². The molecule has 1 amide bonds. The summed E-state index contributed by atoms with van der Waals surface area (Å²) in [5.41, 5.74) is 3.34. The summed E-state index contributed by atoms with van der Waals surface area (Å²) in [6, 6.07) is 16.1. The van der Waals surface area contributed by atoms with Gasteiger partial charge in [-0.15, -0.1) is 0 Å². The number of nitrogens with zero attached hydrogens (tertiary/aromatic N) is 1. The van der Waals surface area contributed by atoms with Gasteiger partial charge in [0.15, 0.2) is 0 Å². The third kappa shape index (κ3) is 5.38. The number of hydrogen-bond acceptors (Lipinski definition) is 3. The number of nitrogens with one attached hydrogen (secondary N) is 1. The number of carbonyl (C=O) groups is 1. The Kier molecular flexibility index (Phi) is 6.75. The number of rotatable bonds is 6. The molecule has 0 aromatic heterocycles. The van der Waals surface area contributed by atoms with E-state index in [4.69, 9.17) is 4.74 Å². The molecule has 1 heterocycles. The molecule has 0 unspecified atom stereocenters. The third-order valence-corrected chi connectivity index (χ3v) is 5.32. The third-order valence-electron chi connectivity index (χ3n) is 5.32. The van der Waals surface area contributed by atoms with Crippen molar-refractivity contribution in [3.8, 4) is 5.75 Å². The van der Waals surface area contributed by atoms with Crippen molar-refractivity contribution >= 4 is 17.7 Å². The first-order valence-corrected chi connectivity index (χ1v) is 10.0. The Morgan fingerprint density at radius 2 is 1.89 bits per heavy atom. The highest BCUT2D eigenvalue weighted by atomic mass is 16.5. The summed E-state index contributed by atoms with van der Waals surface area (Å²) in [5.74, 6) is 1.46. The Balaban J connectivity index is 1.55. The molecule has 1 aliphatic rings. The minimum atomic E-state index is -0.0998. The average Bonchev–Trinajstić information content (AvgIpc) is 2.72. The van der Waals surface area contributed by atoms with Gasteiger partial charge in [0, 0.05) is 24.9 Å². The Hall–Kier alpha value is -2.75. The van der Waals surface area contributed by atoms with Crippen molar-refractivity contribution in [3.05, 3.63) is 65.7 Å². The maximum absolute atomic E-state index is 12.2. The van der Waals surface area contributed by atoms with E-state index in [1.54, 1.807) is 13.2 Å². The van der Waals surface area contributed by atoms with E-state index >= 15 is 0 Å². The summed E-state index contributed by atoms with van der Waals surface area (Å²) in [7, 11) is 1.64. The number of amides is 1. The molecule has 2 atom stereocenters. The summed E-state index contributed by atoms with van der Waals surface area (Å²) in [5, 5.41) is 3.03. The standard InChI is InChI=1S/C24H30N2O2/c1-18-5-4-16-26(17-18)22-11-9-21(10-12-22)19(2)25-24(27)15-8-20-6-13-23(28-3)14-7-20/h6-15,18-19H,4-5,16-17H2,1-3H3,(H,25,27)/b15-8+/t18-,19+/m0/s1. The molecular formula is C24H30N2O2.